The lowest BCUT2D eigenvalue weighted by atomic mass is 9.98. The van der Waals surface area contributed by atoms with Crippen LogP contribution in [0.25, 0.3) is 117 Å². The standard InChI is InChI=1S/C55H34N4O/c1-3-12-35(13-4-1)36-22-26-39(27-23-36)54-56-53(38-14-5-2-6-15-38)57-55(58-54)40-28-24-37(25-29-40)44-19-11-21-50-52(44)46-31-30-43(34-51(46)60-50)59-48-20-10-9-18-45(48)47-32-41-16-7-8-17-42(41)33-49(47)59/h1-34H. The van der Waals surface area contributed by atoms with Gasteiger partial charge in [0.1, 0.15) is 11.2 Å². The molecular formula is C55H34N4O. The Balaban J connectivity index is 0.932. The second-order valence-electron chi connectivity index (χ2n) is 15.2. The highest BCUT2D eigenvalue weighted by Crippen LogP contribution is 2.40. The predicted molar refractivity (Wildman–Crippen MR) is 246 cm³/mol. The number of para-hydroxylation sites is 1. The maximum Gasteiger partial charge on any atom is 0.164 e. The van der Waals surface area contributed by atoms with Crippen molar-refractivity contribution in [3.63, 3.8) is 0 Å². The molecule has 12 aromatic rings. The molecule has 5 nitrogen and oxygen atoms in total. The number of aromatic nitrogens is 4. The minimum Gasteiger partial charge on any atom is -0.456 e. The second-order valence-corrected chi connectivity index (χ2v) is 15.2. The highest BCUT2D eigenvalue weighted by molar-refractivity contribution is 6.15. The zero-order chi connectivity index (χ0) is 39.6. The van der Waals surface area contributed by atoms with Crippen LogP contribution in [0.5, 0.6) is 0 Å². The number of fused-ring (bicyclic) bond motifs is 7. The molecule has 0 fully saturated rings. The zero-order valence-electron chi connectivity index (χ0n) is 32.3. The third kappa shape index (κ3) is 5.67. The van der Waals surface area contributed by atoms with Crippen LogP contribution in [0.1, 0.15) is 0 Å². The lowest BCUT2D eigenvalue weighted by Crippen LogP contribution is -2.00. The van der Waals surface area contributed by atoms with E-state index >= 15 is 0 Å². The number of rotatable bonds is 6. The van der Waals surface area contributed by atoms with Crippen LogP contribution in [0.2, 0.25) is 0 Å². The SMILES string of the molecule is c1ccc(-c2ccc(-c3nc(-c4ccccc4)nc(-c4ccc(-c5cccc6oc7cc(-n8c9ccccc9c9cc%10ccccc%10cc98)ccc7c56)cc4)n3)cc2)cc1. The third-order valence-electron chi connectivity index (χ3n) is 11.7. The van der Waals surface area contributed by atoms with Gasteiger partial charge in [-0.2, -0.15) is 0 Å². The van der Waals surface area contributed by atoms with Crippen molar-refractivity contribution in [1.82, 2.24) is 19.5 Å². The zero-order valence-corrected chi connectivity index (χ0v) is 32.3. The first-order valence-corrected chi connectivity index (χ1v) is 20.2. The highest BCUT2D eigenvalue weighted by Gasteiger charge is 2.18. The van der Waals surface area contributed by atoms with Crippen LogP contribution in [0.4, 0.5) is 0 Å². The molecule has 0 bridgehead atoms. The summed E-state index contributed by atoms with van der Waals surface area (Å²) >= 11 is 0. The van der Waals surface area contributed by atoms with Gasteiger partial charge < -0.3 is 8.98 Å². The molecule has 0 saturated heterocycles. The minimum atomic E-state index is 0.620. The van der Waals surface area contributed by atoms with Crippen molar-refractivity contribution in [3.8, 4) is 62.1 Å². The van der Waals surface area contributed by atoms with Crippen molar-refractivity contribution in [1.29, 1.82) is 0 Å². The van der Waals surface area contributed by atoms with Gasteiger partial charge >= 0.3 is 0 Å². The van der Waals surface area contributed by atoms with Crippen LogP contribution in [0.15, 0.2) is 211 Å². The summed E-state index contributed by atoms with van der Waals surface area (Å²) in [4.78, 5) is 15.0. The van der Waals surface area contributed by atoms with Gasteiger partial charge in [0.25, 0.3) is 0 Å². The van der Waals surface area contributed by atoms with E-state index in [1.165, 1.54) is 38.1 Å². The molecule has 0 aliphatic carbocycles. The lowest BCUT2D eigenvalue weighted by molar-refractivity contribution is 0.668. The summed E-state index contributed by atoms with van der Waals surface area (Å²) in [5.74, 6) is 1.89. The van der Waals surface area contributed by atoms with Gasteiger partial charge in [-0.05, 0) is 69.4 Å². The first-order chi connectivity index (χ1) is 29.7. The van der Waals surface area contributed by atoms with E-state index in [2.05, 4.69) is 174 Å². The summed E-state index contributed by atoms with van der Waals surface area (Å²) in [6.45, 7) is 0. The van der Waals surface area contributed by atoms with Crippen LogP contribution in [-0.2, 0) is 0 Å². The van der Waals surface area contributed by atoms with E-state index in [0.717, 1.165) is 61.0 Å². The van der Waals surface area contributed by atoms with E-state index in [1.54, 1.807) is 0 Å². The first kappa shape index (κ1) is 33.9. The molecule has 5 heteroatoms. The van der Waals surface area contributed by atoms with Gasteiger partial charge in [0.15, 0.2) is 17.5 Å². The maximum absolute atomic E-state index is 6.64. The molecule has 60 heavy (non-hydrogen) atoms. The molecule has 0 atom stereocenters. The van der Waals surface area contributed by atoms with Crippen molar-refractivity contribution in [2.75, 3.05) is 0 Å². The molecule has 0 aliphatic rings. The molecule has 3 heterocycles. The molecule has 9 aromatic carbocycles. The van der Waals surface area contributed by atoms with Crippen LogP contribution in [-0.4, -0.2) is 19.5 Å². The molecule has 0 aliphatic heterocycles. The Kier molecular flexibility index (Phi) is 7.78. The van der Waals surface area contributed by atoms with E-state index < -0.39 is 0 Å². The molecule has 0 spiro atoms. The average Bonchev–Trinajstić information content (AvgIpc) is 3.86. The number of furan rings is 1. The Morgan fingerprint density at radius 3 is 1.58 bits per heavy atom. The summed E-state index contributed by atoms with van der Waals surface area (Å²) in [5.41, 5.74) is 12.4. The number of hydrogen-bond donors (Lipinski definition) is 0. The van der Waals surface area contributed by atoms with Crippen molar-refractivity contribution in [3.05, 3.63) is 206 Å². The fraction of sp³-hybridized carbons (Fsp3) is 0. The van der Waals surface area contributed by atoms with Crippen LogP contribution in [0.3, 0.4) is 0 Å². The van der Waals surface area contributed by atoms with Gasteiger partial charge in [-0.3, -0.25) is 0 Å². The quantitative estimate of drug-likeness (QED) is 0.169. The monoisotopic (exact) mass is 766 g/mol. The molecule has 0 saturated carbocycles. The van der Waals surface area contributed by atoms with Crippen molar-refractivity contribution >= 4 is 54.5 Å². The average molecular weight is 767 g/mol. The summed E-state index contributed by atoms with van der Waals surface area (Å²) in [5, 5.41) is 7.09. The van der Waals surface area contributed by atoms with E-state index in [-0.39, 0.29) is 0 Å². The minimum absolute atomic E-state index is 0.620. The Labute approximate surface area is 345 Å². The van der Waals surface area contributed by atoms with Crippen molar-refractivity contribution < 1.29 is 4.42 Å². The lowest BCUT2D eigenvalue weighted by Gasteiger charge is -2.10. The summed E-state index contributed by atoms with van der Waals surface area (Å²) in [6.07, 6.45) is 0. The summed E-state index contributed by atoms with van der Waals surface area (Å²) < 4.78 is 9.00. The Morgan fingerprint density at radius 1 is 0.333 bits per heavy atom. The summed E-state index contributed by atoms with van der Waals surface area (Å²) in [7, 11) is 0. The maximum atomic E-state index is 6.64. The van der Waals surface area contributed by atoms with Crippen molar-refractivity contribution in [2.24, 2.45) is 0 Å². The molecule has 280 valence electrons. The molecule has 0 radical (unpaired) electrons. The van der Waals surface area contributed by atoms with Crippen LogP contribution in [0, 0.1) is 0 Å². The Hall–Kier alpha value is -8.15. The number of nitrogens with zero attached hydrogens (tertiary/aromatic N) is 4. The van der Waals surface area contributed by atoms with Crippen LogP contribution >= 0.6 is 0 Å². The van der Waals surface area contributed by atoms with Gasteiger partial charge in [0, 0.05) is 50.0 Å². The second kappa shape index (κ2) is 13.8. The smallest absolute Gasteiger partial charge is 0.164 e. The number of benzene rings is 9. The fourth-order valence-corrected chi connectivity index (χ4v) is 8.72. The first-order valence-electron chi connectivity index (χ1n) is 20.2. The fourth-order valence-electron chi connectivity index (χ4n) is 8.72. The molecular weight excluding hydrogens is 733 g/mol. The van der Waals surface area contributed by atoms with Gasteiger partial charge in [0.2, 0.25) is 0 Å². The molecule has 3 aromatic heterocycles. The van der Waals surface area contributed by atoms with Gasteiger partial charge in [-0.15, -0.1) is 0 Å². The van der Waals surface area contributed by atoms with E-state index in [4.69, 9.17) is 19.4 Å². The Bertz CT molecular complexity index is 3570. The van der Waals surface area contributed by atoms with E-state index in [1.807, 2.05) is 36.4 Å². The Morgan fingerprint density at radius 2 is 0.883 bits per heavy atom. The highest BCUT2D eigenvalue weighted by atomic mass is 16.3. The van der Waals surface area contributed by atoms with Gasteiger partial charge in [0.05, 0.1) is 11.0 Å². The number of hydrogen-bond acceptors (Lipinski definition) is 4. The molecule has 0 amide bonds. The molecule has 0 N–H and O–H groups in total. The third-order valence-corrected chi connectivity index (χ3v) is 11.7. The normalized spacial score (nSPS) is 11.7. The van der Waals surface area contributed by atoms with Gasteiger partial charge in [-0.1, -0.05) is 164 Å². The van der Waals surface area contributed by atoms with E-state index in [9.17, 15) is 0 Å². The topological polar surface area (TPSA) is 56.7 Å². The largest absolute Gasteiger partial charge is 0.456 e. The molecule has 0 unspecified atom stereocenters. The van der Waals surface area contributed by atoms with Crippen LogP contribution < -0.4 is 0 Å². The summed E-state index contributed by atoms with van der Waals surface area (Å²) in [6, 6.07) is 72.2. The van der Waals surface area contributed by atoms with Gasteiger partial charge in [-0.25, -0.2) is 15.0 Å². The van der Waals surface area contributed by atoms with E-state index in [0.29, 0.717) is 17.5 Å². The predicted octanol–water partition coefficient (Wildman–Crippen LogP) is 14.4. The van der Waals surface area contributed by atoms with Crippen molar-refractivity contribution in [2.45, 2.75) is 0 Å². The molecule has 12 rings (SSSR count).